The van der Waals surface area contributed by atoms with Gasteiger partial charge in [0.1, 0.15) is 5.75 Å². The molecule has 1 aliphatic heterocycles. The number of aromatic nitrogens is 1. The Kier molecular flexibility index (Phi) is 5.50. The van der Waals surface area contributed by atoms with Crippen LogP contribution in [0.4, 0.5) is 8.78 Å². The summed E-state index contributed by atoms with van der Waals surface area (Å²) in [5, 5.41) is 5.53. The van der Waals surface area contributed by atoms with E-state index >= 15 is 0 Å². The summed E-state index contributed by atoms with van der Waals surface area (Å²) in [5.41, 5.74) is 7.61. The highest BCUT2D eigenvalue weighted by Crippen LogP contribution is 2.20. The molecule has 1 amide bonds. The molecule has 24 heavy (non-hydrogen) atoms. The number of nitrogens with two attached hydrogens (primary N) is 1. The Hall–Kier alpha value is -2.48. The number of ether oxygens (including phenoxy) is 1. The van der Waals surface area contributed by atoms with Crippen LogP contribution in [-0.2, 0) is 11.3 Å². The molecule has 4 N–H and O–H groups in total. The summed E-state index contributed by atoms with van der Waals surface area (Å²) in [6.45, 7) is 2.21. The largest absolute Gasteiger partial charge is 0.485 e. The van der Waals surface area contributed by atoms with Crippen molar-refractivity contribution in [2.75, 3.05) is 6.61 Å². The second kappa shape index (κ2) is 7.39. The van der Waals surface area contributed by atoms with Gasteiger partial charge in [0.25, 0.3) is 11.8 Å². The van der Waals surface area contributed by atoms with Crippen molar-refractivity contribution >= 4 is 5.91 Å². The lowest BCUT2D eigenvalue weighted by molar-refractivity contribution is -0.117. The van der Waals surface area contributed by atoms with Gasteiger partial charge in [-0.15, -0.1) is 0 Å². The number of nitrogens with zero attached hydrogens (tertiary/aromatic N) is 1. The smallest absolute Gasteiger partial charge is 0.278 e. The molecule has 1 aromatic rings. The van der Waals surface area contributed by atoms with Crippen LogP contribution in [0.5, 0.6) is 5.75 Å². The van der Waals surface area contributed by atoms with Crippen molar-refractivity contribution in [1.29, 1.82) is 0 Å². The standard InChI is InChI=1S/C16H20F2N4O2/c1-10-5-11(22-8-14(10)24-9-16(2,17)18)6-20-7-12-13(19)3-4-21-15(12)23/h3-5,7-8,13,20H,6,9,19H2,1-2H3,(H,21,23)/b12-7+. The molecule has 0 radical (unpaired) electrons. The van der Waals surface area contributed by atoms with Gasteiger partial charge >= 0.3 is 0 Å². The molecule has 2 heterocycles. The Morgan fingerprint density at radius 3 is 2.92 bits per heavy atom. The van der Waals surface area contributed by atoms with Crippen LogP contribution in [0.1, 0.15) is 18.2 Å². The van der Waals surface area contributed by atoms with Crippen LogP contribution < -0.4 is 21.1 Å². The molecule has 0 saturated heterocycles. The third-order valence-corrected chi connectivity index (χ3v) is 3.28. The van der Waals surface area contributed by atoms with Gasteiger partial charge < -0.3 is 21.1 Å². The normalized spacial score (nSPS) is 19.3. The van der Waals surface area contributed by atoms with Crippen LogP contribution in [0, 0.1) is 6.92 Å². The van der Waals surface area contributed by atoms with Gasteiger partial charge in [-0.05, 0) is 24.6 Å². The summed E-state index contributed by atoms with van der Waals surface area (Å²) in [4.78, 5) is 15.8. The van der Waals surface area contributed by atoms with Gasteiger partial charge in [-0.1, -0.05) is 0 Å². The lowest BCUT2D eigenvalue weighted by atomic mass is 10.1. The van der Waals surface area contributed by atoms with Gasteiger partial charge in [-0.3, -0.25) is 9.78 Å². The minimum Gasteiger partial charge on any atom is -0.485 e. The highest BCUT2D eigenvalue weighted by atomic mass is 19.3. The highest BCUT2D eigenvalue weighted by molar-refractivity contribution is 5.96. The van der Waals surface area contributed by atoms with E-state index in [0.29, 0.717) is 29.1 Å². The van der Waals surface area contributed by atoms with Crippen LogP contribution in [-0.4, -0.2) is 29.5 Å². The molecule has 0 fully saturated rings. The zero-order valence-corrected chi connectivity index (χ0v) is 13.5. The van der Waals surface area contributed by atoms with E-state index in [1.807, 2.05) is 0 Å². The second-order valence-electron chi connectivity index (χ2n) is 5.64. The van der Waals surface area contributed by atoms with Crippen molar-refractivity contribution in [1.82, 2.24) is 15.6 Å². The zero-order valence-electron chi connectivity index (χ0n) is 13.5. The third-order valence-electron chi connectivity index (χ3n) is 3.28. The first kappa shape index (κ1) is 17.9. The number of nitrogens with one attached hydrogen (secondary N) is 2. The molecule has 130 valence electrons. The number of carbonyl (C=O) groups excluding carboxylic acids is 1. The van der Waals surface area contributed by atoms with Crippen molar-refractivity contribution in [2.24, 2.45) is 5.73 Å². The fraction of sp³-hybridized carbons (Fsp3) is 0.375. The van der Waals surface area contributed by atoms with Crippen LogP contribution in [0.3, 0.4) is 0 Å². The summed E-state index contributed by atoms with van der Waals surface area (Å²) in [7, 11) is 0. The van der Waals surface area contributed by atoms with Crippen molar-refractivity contribution in [2.45, 2.75) is 32.4 Å². The number of hydrogen-bond donors (Lipinski definition) is 3. The van der Waals surface area contributed by atoms with Gasteiger partial charge in [0.2, 0.25) is 0 Å². The minimum absolute atomic E-state index is 0.258. The lowest BCUT2D eigenvalue weighted by Crippen LogP contribution is -2.36. The molecule has 1 aliphatic rings. The molecule has 0 saturated carbocycles. The maximum Gasteiger partial charge on any atom is 0.278 e. The van der Waals surface area contributed by atoms with Crippen LogP contribution in [0.25, 0.3) is 0 Å². The third kappa shape index (κ3) is 5.02. The molecular formula is C16H20F2N4O2. The quantitative estimate of drug-likeness (QED) is 0.682. The number of halogens is 2. The first-order valence-electron chi connectivity index (χ1n) is 7.39. The van der Waals surface area contributed by atoms with Gasteiger partial charge in [0, 0.05) is 19.3 Å². The van der Waals surface area contributed by atoms with Gasteiger partial charge in [0.15, 0.2) is 6.61 Å². The predicted molar refractivity (Wildman–Crippen MR) is 85.3 cm³/mol. The summed E-state index contributed by atoms with van der Waals surface area (Å²) >= 11 is 0. The molecule has 8 heteroatoms. The molecule has 1 aromatic heterocycles. The monoisotopic (exact) mass is 338 g/mol. The second-order valence-corrected chi connectivity index (χ2v) is 5.64. The van der Waals surface area contributed by atoms with Crippen molar-refractivity contribution in [3.05, 3.63) is 47.6 Å². The summed E-state index contributed by atoms with van der Waals surface area (Å²) in [5.74, 6) is -2.84. The summed E-state index contributed by atoms with van der Waals surface area (Å²) < 4.78 is 30.7. The van der Waals surface area contributed by atoms with E-state index in [4.69, 9.17) is 10.5 Å². The maximum absolute atomic E-state index is 12.8. The number of pyridine rings is 1. The van der Waals surface area contributed by atoms with E-state index in [0.717, 1.165) is 6.92 Å². The van der Waals surface area contributed by atoms with Gasteiger partial charge in [-0.2, -0.15) is 0 Å². The number of rotatable bonds is 6. The molecule has 0 spiro atoms. The molecule has 1 unspecified atom stereocenters. The van der Waals surface area contributed by atoms with Gasteiger partial charge in [-0.25, -0.2) is 8.78 Å². The molecule has 0 aliphatic carbocycles. The summed E-state index contributed by atoms with van der Waals surface area (Å²) in [6.07, 6.45) is 6.14. The van der Waals surface area contributed by atoms with Gasteiger partial charge in [0.05, 0.1) is 30.1 Å². The SMILES string of the molecule is Cc1cc(CN/C=C2/C(=O)NC=CC2N)ncc1OCC(C)(F)F. The van der Waals surface area contributed by atoms with Crippen LogP contribution >= 0.6 is 0 Å². The van der Waals surface area contributed by atoms with E-state index in [1.165, 1.54) is 12.4 Å². The molecule has 2 rings (SSSR count). The Labute approximate surface area is 138 Å². The molecular weight excluding hydrogens is 318 g/mol. The average molecular weight is 338 g/mol. The lowest BCUT2D eigenvalue weighted by Gasteiger charge is -2.16. The van der Waals surface area contributed by atoms with E-state index in [1.54, 1.807) is 25.3 Å². The van der Waals surface area contributed by atoms with E-state index in [2.05, 4.69) is 15.6 Å². The van der Waals surface area contributed by atoms with Crippen LogP contribution in [0.2, 0.25) is 0 Å². The van der Waals surface area contributed by atoms with Crippen molar-refractivity contribution in [3.63, 3.8) is 0 Å². The topological polar surface area (TPSA) is 89.3 Å². The number of alkyl halides is 2. The van der Waals surface area contributed by atoms with E-state index in [-0.39, 0.29) is 5.91 Å². The number of aryl methyl sites for hydroxylation is 1. The fourth-order valence-electron chi connectivity index (χ4n) is 2.05. The Morgan fingerprint density at radius 1 is 1.54 bits per heavy atom. The minimum atomic E-state index is -2.90. The number of carbonyl (C=O) groups is 1. The molecule has 6 nitrogen and oxygen atoms in total. The zero-order chi connectivity index (χ0) is 17.7. The molecule has 0 bridgehead atoms. The first-order chi connectivity index (χ1) is 11.3. The maximum atomic E-state index is 12.8. The molecule has 0 aromatic carbocycles. The number of hydrogen-bond acceptors (Lipinski definition) is 5. The summed E-state index contributed by atoms with van der Waals surface area (Å²) in [6, 6.07) is 1.27. The van der Waals surface area contributed by atoms with E-state index in [9.17, 15) is 13.6 Å². The fourth-order valence-corrected chi connectivity index (χ4v) is 2.05. The Bertz CT molecular complexity index is 669. The molecule has 1 atom stereocenters. The first-order valence-corrected chi connectivity index (χ1v) is 7.39. The Balaban J connectivity index is 1.95. The van der Waals surface area contributed by atoms with E-state index < -0.39 is 18.6 Å². The van der Waals surface area contributed by atoms with Crippen molar-refractivity contribution in [3.8, 4) is 5.75 Å². The van der Waals surface area contributed by atoms with Crippen LogP contribution in [0.15, 0.2) is 36.3 Å². The number of amides is 1. The Morgan fingerprint density at radius 2 is 2.29 bits per heavy atom. The van der Waals surface area contributed by atoms with Crippen molar-refractivity contribution < 1.29 is 18.3 Å². The predicted octanol–water partition coefficient (Wildman–Crippen LogP) is 1.37. The highest BCUT2D eigenvalue weighted by Gasteiger charge is 2.22. The average Bonchev–Trinajstić information content (AvgIpc) is 2.48.